The first kappa shape index (κ1) is 14.0. The van der Waals surface area contributed by atoms with Gasteiger partial charge in [-0.05, 0) is 20.8 Å². The van der Waals surface area contributed by atoms with Gasteiger partial charge >= 0.3 is 5.97 Å². The van der Waals surface area contributed by atoms with Crippen LogP contribution in [0.3, 0.4) is 0 Å². The highest BCUT2D eigenvalue weighted by atomic mass is 16.5. The number of nitrogens with zero attached hydrogens (tertiary/aromatic N) is 3. The summed E-state index contributed by atoms with van der Waals surface area (Å²) in [5.74, 6) is 0.651. The van der Waals surface area contributed by atoms with Gasteiger partial charge in [0.2, 0.25) is 5.95 Å². The zero-order chi connectivity index (χ0) is 14.5. The highest BCUT2D eigenvalue weighted by molar-refractivity contribution is 5.87. The minimum absolute atomic E-state index is 0.330. The number of H-pyrrole nitrogens is 1. The molecule has 2 rings (SSSR count). The molecule has 0 spiro atoms. The zero-order valence-corrected chi connectivity index (χ0v) is 11.7. The molecule has 1 atom stereocenters. The van der Waals surface area contributed by atoms with E-state index in [2.05, 4.69) is 30.6 Å². The SMILES string of the molecule is CCNc1nc(NC(C)C(=O)OCC)c2[nH]cnc2n1. The third-order valence-electron chi connectivity index (χ3n) is 2.61. The van der Waals surface area contributed by atoms with E-state index in [4.69, 9.17) is 4.74 Å². The van der Waals surface area contributed by atoms with Gasteiger partial charge in [-0.25, -0.2) is 9.78 Å². The standard InChI is InChI=1S/C12H18N6O2/c1-4-13-12-17-9-8(14-6-15-9)10(18-12)16-7(3)11(19)20-5-2/h6-7H,4-5H2,1-3H3,(H3,13,14,15,16,17,18). The third-order valence-corrected chi connectivity index (χ3v) is 2.61. The molecule has 0 aliphatic carbocycles. The summed E-state index contributed by atoms with van der Waals surface area (Å²) in [5, 5.41) is 6.04. The fraction of sp³-hybridized carbons (Fsp3) is 0.500. The number of hydrogen-bond acceptors (Lipinski definition) is 7. The van der Waals surface area contributed by atoms with Gasteiger partial charge in [0.15, 0.2) is 11.5 Å². The number of imidazole rings is 1. The maximum absolute atomic E-state index is 11.7. The first-order valence-corrected chi connectivity index (χ1v) is 6.53. The van der Waals surface area contributed by atoms with Crippen molar-refractivity contribution in [2.75, 3.05) is 23.8 Å². The molecule has 0 bridgehead atoms. The van der Waals surface area contributed by atoms with Crippen molar-refractivity contribution in [3.05, 3.63) is 6.33 Å². The number of ether oxygens (including phenoxy) is 1. The topological polar surface area (TPSA) is 105 Å². The monoisotopic (exact) mass is 278 g/mol. The molecule has 3 N–H and O–H groups in total. The Kier molecular flexibility index (Phi) is 4.34. The lowest BCUT2D eigenvalue weighted by molar-refractivity contribution is -0.143. The molecule has 0 saturated carbocycles. The van der Waals surface area contributed by atoms with Gasteiger partial charge in [0.25, 0.3) is 0 Å². The molecule has 0 aliphatic heterocycles. The molecule has 0 aliphatic rings. The van der Waals surface area contributed by atoms with Crippen molar-refractivity contribution >= 4 is 28.9 Å². The summed E-state index contributed by atoms with van der Waals surface area (Å²) in [6.07, 6.45) is 1.54. The summed E-state index contributed by atoms with van der Waals surface area (Å²) in [6, 6.07) is -0.508. The Morgan fingerprint density at radius 2 is 2.25 bits per heavy atom. The van der Waals surface area contributed by atoms with Crippen LogP contribution < -0.4 is 10.6 Å². The van der Waals surface area contributed by atoms with Crippen LogP contribution in [0.5, 0.6) is 0 Å². The molecule has 1 unspecified atom stereocenters. The maximum Gasteiger partial charge on any atom is 0.328 e. The molecule has 0 radical (unpaired) electrons. The number of anilines is 2. The van der Waals surface area contributed by atoms with Gasteiger partial charge in [-0.15, -0.1) is 0 Å². The largest absolute Gasteiger partial charge is 0.464 e. The second kappa shape index (κ2) is 6.18. The van der Waals surface area contributed by atoms with E-state index in [0.29, 0.717) is 36.1 Å². The molecule has 0 aromatic carbocycles. The van der Waals surface area contributed by atoms with E-state index in [-0.39, 0.29) is 5.97 Å². The van der Waals surface area contributed by atoms with Gasteiger partial charge in [-0.3, -0.25) is 0 Å². The van der Waals surface area contributed by atoms with Gasteiger partial charge in [-0.2, -0.15) is 9.97 Å². The van der Waals surface area contributed by atoms with E-state index in [9.17, 15) is 4.79 Å². The van der Waals surface area contributed by atoms with Crippen LogP contribution in [0.2, 0.25) is 0 Å². The van der Waals surface area contributed by atoms with E-state index >= 15 is 0 Å². The molecule has 2 aromatic heterocycles. The Morgan fingerprint density at radius 3 is 2.95 bits per heavy atom. The van der Waals surface area contributed by atoms with Crippen LogP contribution in [0.25, 0.3) is 11.2 Å². The van der Waals surface area contributed by atoms with E-state index in [1.807, 2.05) is 6.92 Å². The second-order valence-corrected chi connectivity index (χ2v) is 4.15. The van der Waals surface area contributed by atoms with Crippen molar-refractivity contribution in [1.82, 2.24) is 19.9 Å². The van der Waals surface area contributed by atoms with Crippen molar-refractivity contribution in [3.8, 4) is 0 Å². The van der Waals surface area contributed by atoms with Crippen molar-refractivity contribution < 1.29 is 9.53 Å². The lowest BCUT2D eigenvalue weighted by Gasteiger charge is -2.14. The maximum atomic E-state index is 11.7. The average molecular weight is 278 g/mol. The minimum atomic E-state index is -0.508. The number of hydrogen-bond donors (Lipinski definition) is 3. The molecule has 8 heteroatoms. The van der Waals surface area contributed by atoms with Gasteiger partial charge in [0.1, 0.15) is 11.6 Å². The number of nitrogens with one attached hydrogen (secondary N) is 3. The Hall–Kier alpha value is -2.38. The second-order valence-electron chi connectivity index (χ2n) is 4.15. The summed E-state index contributed by atoms with van der Waals surface area (Å²) in [6.45, 7) is 6.48. The number of aromatic amines is 1. The quantitative estimate of drug-likeness (QED) is 0.681. The van der Waals surface area contributed by atoms with Crippen molar-refractivity contribution in [1.29, 1.82) is 0 Å². The van der Waals surface area contributed by atoms with E-state index in [1.165, 1.54) is 6.33 Å². The van der Waals surface area contributed by atoms with Crippen LogP contribution in [-0.2, 0) is 9.53 Å². The van der Waals surface area contributed by atoms with Crippen molar-refractivity contribution in [2.24, 2.45) is 0 Å². The number of carbonyl (C=O) groups excluding carboxylic acids is 1. The summed E-state index contributed by atoms with van der Waals surface area (Å²) in [5.41, 5.74) is 1.19. The van der Waals surface area contributed by atoms with Gasteiger partial charge < -0.3 is 20.4 Å². The van der Waals surface area contributed by atoms with E-state index < -0.39 is 6.04 Å². The predicted octanol–water partition coefficient (Wildman–Crippen LogP) is 1.15. The number of esters is 1. The average Bonchev–Trinajstić information content (AvgIpc) is 2.87. The molecule has 0 fully saturated rings. The molecule has 8 nitrogen and oxygen atoms in total. The molecule has 0 amide bonds. The van der Waals surface area contributed by atoms with Crippen LogP contribution in [0.15, 0.2) is 6.33 Å². The molecule has 2 aromatic rings. The molecule has 20 heavy (non-hydrogen) atoms. The molecule has 0 saturated heterocycles. The Balaban J connectivity index is 2.27. The zero-order valence-electron chi connectivity index (χ0n) is 11.7. The summed E-state index contributed by atoms with van der Waals surface area (Å²) in [7, 11) is 0. The summed E-state index contributed by atoms with van der Waals surface area (Å²) >= 11 is 0. The lowest BCUT2D eigenvalue weighted by atomic mass is 10.3. The van der Waals surface area contributed by atoms with Crippen molar-refractivity contribution in [2.45, 2.75) is 26.8 Å². The number of fused-ring (bicyclic) bond motifs is 1. The van der Waals surface area contributed by atoms with E-state index in [0.717, 1.165) is 0 Å². The Bertz CT molecular complexity index is 597. The van der Waals surface area contributed by atoms with Gasteiger partial charge in [0.05, 0.1) is 12.9 Å². The van der Waals surface area contributed by atoms with Gasteiger partial charge in [-0.1, -0.05) is 0 Å². The predicted molar refractivity (Wildman–Crippen MR) is 75.6 cm³/mol. The van der Waals surface area contributed by atoms with Crippen molar-refractivity contribution in [3.63, 3.8) is 0 Å². The summed E-state index contributed by atoms with van der Waals surface area (Å²) < 4.78 is 4.96. The normalized spacial score (nSPS) is 12.2. The van der Waals surface area contributed by atoms with E-state index in [1.54, 1.807) is 13.8 Å². The van der Waals surface area contributed by atoms with Crippen LogP contribution in [0.1, 0.15) is 20.8 Å². The number of carbonyl (C=O) groups is 1. The van der Waals surface area contributed by atoms with Crippen LogP contribution in [-0.4, -0.2) is 45.1 Å². The smallest absolute Gasteiger partial charge is 0.328 e. The first-order valence-electron chi connectivity index (χ1n) is 6.53. The van der Waals surface area contributed by atoms with Crippen LogP contribution in [0.4, 0.5) is 11.8 Å². The Morgan fingerprint density at radius 1 is 1.45 bits per heavy atom. The van der Waals surface area contributed by atoms with Crippen LogP contribution in [0, 0.1) is 0 Å². The number of aromatic nitrogens is 4. The summed E-state index contributed by atoms with van der Waals surface area (Å²) in [4.78, 5) is 27.3. The lowest BCUT2D eigenvalue weighted by Crippen LogP contribution is -2.28. The molecular weight excluding hydrogens is 260 g/mol. The van der Waals surface area contributed by atoms with Crippen LogP contribution >= 0.6 is 0 Å². The fourth-order valence-corrected chi connectivity index (χ4v) is 1.71. The minimum Gasteiger partial charge on any atom is -0.464 e. The highest BCUT2D eigenvalue weighted by Gasteiger charge is 2.17. The fourth-order valence-electron chi connectivity index (χ4n) is 1.71. The molecule has 2 heterocycles. The number of rotatable bonds is 6. The molecular formula is C12H18N6O2. The Labute approximate surface area is 116 Å². The van der Waals surface area contributed by atoms with Gasteiger partial charge in [0, 0.05) is 6.54 Å². The third kappa shape index (κ3) is 2.95. The highest BCUT2D eigenvalue weighted by Crippen LogP contribution is 2.19. The molecule has 108 valence electrons. The first-order chi connectivity index (χ1) is 9.65.